The van der Waals surface area contributed by atoms with Crippen LogP contribution in [0, 0.1) is 0 Å². The number of halogens is 4. The SMILES string of the molecule is COCC(N)C(=O)Nc1nc2ccccc2n1Cc1cccc(C(F)(F)F)c1.Cl. The van der Waals surface area contributed by atoms with Gasteiger partial charge in [-0.05, 0) is 29.8 Å². The van der Waals surface area contributed by atoms with Crippen LogP contribution in [0.3, 0.4) is 0 Å². The van der Waals surface area contributed by atoms with Gasteiger partial charge in [-0.1, -0.05) is 24.3 Å². The van der Waals surface area contributed by atoms with E-state index in [2.05, 4.69) is 10.3 Å². The summed E-state index contributed by atoms with van der Waals surface area (Å²) in [7, 11) is 1.43. The van der Waals surface area contributed by atoms with Crippen molar-refractivity contribution in [2.45, 2.75) is 18.8 Å². The zero-order valence-corrected chi connectivity index (χ0v) is 16.3. The third kappa shape index (κ3) is 5.26. The molecule has 156 valence electrons. The molecule has 1 atom stereocenters. The van der Waals surface area contributed by atoms with Crippen molar-refractivity contribution in [2.24, 2.45) is 5.73 Å². The van der Waals surface area contributed by atoms with Crippen LogP contribution in [0.2, 0.25) is 0 Å². The van der Waals surface area contributed by atoms with Gasteiger partial charge in [-0.3, -0.25) is 10.1 Å². The maximum Gasteiger partial charge on any atom is 0.416 e. The molecule has 6 nitrogen and oxygen atoms in total. The fraction of sp³-hybridized carbons (Fsp3) is 0.263. The molecule has 1 heterocycles. The molecule has 0 bridgehead atoms. The summed E-state index contributed by atoms with van der Waals surface area (Å²) in [5.41, 5.74) is 6.71. The highest BCUT2D eigenvalue weighted by Crippen LogP contribution is 2.30. The van der Waals surface area contributed by atoms with Crippen LogP contribution in [-0.2, 0) is 22.3 Å². The number of fused-ring (bicyclic) bond motifs is 1. The van der Waals surface area contributed by atoms with E-state index in [-0.39, 0.29) is 31.5 Å². The zero-order valence-electron chi connectivity index (χ0n) is 15.4. The maximum atomic E-state index is 13.0. The van der Waals surface area contributed by atoms with Crippen LogP contribution in [-0.4, -0.2) is 35.2 Å². The van der Waals surface area contributed by atoms with Crippen LogP contribution in [0.5, 0.6) is 0 Å². The number of nitrogens with two attached hydrogens (primary N) is 1. The average Bonchev–Trinajstić information content (AvgIpc) is 2.99. The predicted octanol–water partition coefficient (Wildman–Crippen LogP) is 3.44. The first-order valence-electron chi connectivity index (χ1n) is 8.46. The van der Waals surface area contributed by atoms with E-state index in [0.29, 0.717) is 16.6 Å². The van der Waals surface area contributed by atoms with Crippen LogP contribution in [0.25, 0.3) is 11.0 Å². The molecule has 3 aromatic rings. The number of imidazole rings is 1. The van der Waals surface area contributed by atoms with Gasteiger partial charge in [-0.2, -0.15) is 13.2 Å². The highest BCUT2D eigenvalue weighted by atomic mass is 35.5. The number of amides is 1. The first kappa shape index (κ1) is 22.7. The summed E-state index contributed by atoms with van der Waals surface area (Å²) in [6.45, 7) is 0.124. The summed E-state index contributed by atoms with van der Waals surface area (Å²) in [5.74, 6) is -0.294. The Morgan fingerprint density at radius 1 is 1.24 bits per heavy atom. The number of carbonyl (C=O) groups is 1. The topological polar surface area (TPSA) is 82.2 Å². The molecule has 0 fully saturated rings. The first-order chi connectivity index (χ1) is 13.3. The van der Waals surface area contributed by atoms with Gasteiger partial charge in [0.05, 0.1) is 29.7 Å². The molecule has 0 radical (unpaired) electrons. The molecule has 3 rings (SSSR count). The maximum absolute atomic E-state index is 13.0. The lowest BCUT2D eigenvalue weighted by Crippen LogP contribution is -2.39. The van der Waals surface area contributed by atoms with Crippen molar-refractivity contribution in [3.8, 4) is 0 Å². The Labute approximate surface area is 171 Å². The van der Waals surface area contributed by atoms with E-state index >= 15 is 0 Å². The number of ether oxygens (including phenoxy) is 1. The van der Waals surface area contributed by atoms with E-state index in [1.807, 2.05) is 0 Å². The number of nitrogens with one attached hydrogen (secondary N) is 1. The number of carbonyl (C=O) groups excluding carboxylic acids is 1. The zero-order chi connectivity index (χ0) is 20.3. The van der Waals surface area contributed by atoms with Crippen LogP contribution >= 0.6 is 12.4 Å². The van der Waals surface area contributed by atoms with Gasteiger partial charge in [-0.15, -0.1) is 12.4 Å². The van der Waals surface area contributed by atoms with Crippen LogP contribution < -0.4 is 11.1 Å². The van der Waals surface area contributed by atoms with Crippen molar-refractivity contribution in [1.82, 2.24) is 9.55 Å². The molecule has 3 N–H and O–H groups in total. The molecule has 0 saturated carbocycles. The molecule has 1 unspecified atom stereocenters. The van der Waals surface area contributed by atoms with Gasteiger partial charge >= 0.3 is 6.18 Å². The van der Waals surface area contributed by atoms with Crippen LogP contribution in [0.15, 0.2) is 48.5 Å². The summed E-state index contributed by atoms with van der Waals surface area (Å²) in [4.78, 5) is 16.6. The lowest BCUT2D eigenvalue weighted by Gasteiger charge is -2.14. The van der Waals surface area contributed by atoms with Gasteiger partial charge in [0.1, 0.15) is 6.04 Å². The quantitative estimate of drug-likeness (QED) is 0.630. The third-order valence-corrected chi connectivity index (χ3v) is 4.17. The van der Waals surface area contributed by atoms with Crippen molar-refractivity contribution in [3.63, 3.8) is 0 Å². The largest absolute Gasteiger partial charge is 0.416 e. The number of aromatic nitrogens is 2. The number of rotatable bonds is 6. The molecular formula is C19H20ClF3N4O2. The van der Waals surface area contributed by atoms with E-state index in [4.69, 9.17) is 10.5 Å². The van der Waals surface area contributed by atoms with Gasteiger partial charge in [0.2, 0.25) is 11.9 Å². The minimum atomic E-state index is -4.43. The molecule has 1 aromatic heterocycles. The number of anilines is 1. The Hall–Kier alpha value is -2.62. The molecule has 0 aliphatic rings. The third-order valence-electron chi connectivity index (χ3n) is 4.17. The molecule has 2 aromatic carbocycles. The van der Waals surface area contributed by atoms with Gasteiger partial charge in [-0.25, -0.2) is 4.98 Å². The Bertz CT molecular complexity index is 991. The van der Waals surface area contributed by atoms with Gasteiger partial charge in [0, 0.05) is 7.11 Å². The molecule has 10 heteroatoms. The Morgan fingerprint density at radius 3 is 2.66 bits per heavy atom. The highest BCUT2D eigenvalue weighted by molar-refractivity contribution is 5.95. The van der Waals surface area contributed by atoms with Gasteiger partial charge in [0.25, 0.3) is 0 Å². The van der Waals surface area contributed by atoms with Gasteiger partial charge < -0.3 is 15.0 Å². The fourth-order valence-electron chi connectivity index (χ4n) is 2.82. The highest BCUT2D eigenvalue weighted by Gasteiger charge is 2.30. The molecule has 0 aliphatic carbocycles. The lowest BCUT2D eigenvalue weighted by atomic mass is 10.1. The van der Waals surface area contributed by atoms with Crippen LogP contribution in [0.1, 0.15) is 11.1 Å². The first-order valence-corrected chi connectivity index (χ1v) is 8.46. The van der Waals surface area contributed by atoms with E-state index in [0.717, 1.165) is 12.1 Å². The van der Waals surface area contributed by atoms with Crippen molar-refractivity contribution < 1.29 is 22.7 Å². The van der Waals surface area contributed by atoms with E-state index in [1.165, 1.54) is 13.2 Å². The lowest BCUT2D eigenvalue weighted by molar-refractivity contribution is -0.137. The molecule has 1 amide bonds. The number of benzene rings is 2. The number of alkyl halides is 3. The number of hydrogen-bond donors (Lipinski definition) is 2. The number of para-hydroxylation sites is 2. The van der Waals surface area contributed by atoms with Crippen molar-refractivity contribution in [2.75, 3.05) is 19.0 Å². The number of hydrogen-bond acceptors (Lipinski definition) is 4. The molecule has 29 heavy (non-hydrogen) atoms. The summed E-state index contributed by atoms with van der Waals surface area (Å²) in [6.07, 6.45) is -4.43. The summed E-state index contributed by atoms with van der Waals surface area (Å²) >= 11 is 0. The Balaban J connectivity index is 0.00000300. The Morgan fingerprint density at radius 2 is 1.97 bits per heavy atom. The minimum Gasteiger partial charge on any atom is -0.383 e. The molecule has 0 spiro atoms. The van der Waals surface area contributed by atoms with Crippen LogP contribution in [0.4, 0.5) is 19.1 Å². The van der Waals surface area contributed by atoms with Crippen molar-refractivity contribution >= 4 is 35.3 Å². The summed E-state index contributed by atoms with van der Waals surface area (Å²) in [6, 6.07) is 11.2. The number of methoxy groups -OCH3 is 1. The minimum absolute atomic E-state index is 0. The van der Waals surface area contributed by atoms with E-state index in [1.54, 1.807) is 34.9 Å². The number of nitrogens with zero attached hydrogens (tertiary/aromatic N) is 2. The van der Waals surface area contributed by atoms with Crippen molar-refractivity contribution in [3.05, 3.63) is 59.7 Å². The van der Waals surface area contributed by atoms with E-state index < -0.39 is 23.7 Å². The summed E-state index contributed by atoms with van der Waals surface area (Å²) < 4.78 is 45.5. The Kier molecular flexibility index (Phi) is 7.23. The smallest absolute Gasteiger partial charge is 0.383 e. The van der Waals surface area contributed by atoms with E-state index in [9.17, 15) is 18.0 Å². The predicted molar refractivity (Wildman–Crippen MR) is 106 cm³/mol. The monoisotopic (exact) mass is 428 g/mol. The fourth-order valence-corrected chi connectivity index (χ4v) is 2.82. The average molecular weight is 429 g/mol. The summed E-state index contributed by atoms with van der Waals surface area (Å²) in [5, 5.41) is 2.64. The normalized spacial score (nSPS) is 12.4. The second kappa shape index (κ2) is 9.25. The molecule has 0 aliphatic heterocycles. The molecular weight excluding hydrogens is 409 g/mol. The van der Waals surface area contributed by atoms with Crippen molar-refractivity contribution in [1.29, 1.82) is 0 Å². The van der Waals surface area contributed by atoms with Gasteiger partial charge in [0.15, 0.2) is 0 Å². The standard InChI is InChI=1S/C19H19F3N4O2.ClH/c1-28-11-14(23)17(27)25-18-24-15-7-2-3-8-16(15)26(18)10-12-5-4-6-13(9-12)19(20,21)22;/h2-9,14H,10-11,23H2,1H3,(H,24,25,27);1H. The molecule has 0 saturated heterocycles. The second-order valence-corrected chi connectivity index (χ2v) is 6.26. The second-order valence-electron chi connectivity index (χ2n) is 6.26.